The quantitative estimate of drug-likeness (QED) is 0.824. The Morgan fingerprint density at radius 3 is 3.06 bits per heavy atom. The van der Waals surface area contributed by atoms with Crippen LogP contribution in [0, 0.1) is 6.92 Å². The molecule has 0 radical (unpaired) electrons. The monoisotopic (exact) mass is 216 g/mol. The van der Waals surface area contributed by atoms with Crippen LogP contribution in [0.15, 0.2) is 36.9 Å². The van der Waals surface area contributed by atoms with E-state index >= 15 is 0 Å². The van der Waals surface area contributed by atoms with Gasteiger partial charge in [-0.1, -0.05) is 6.07 Å². The standard InChI is InChI=1S/C11H12N4O/c1-9-3-2-4-10(14-9)7-13-11(16)15-6-5-12-8-15/h2-6,8H,7H2,1H3,(H,13,16). The molecule has 2 aromatic rings. The molecule has 1 N–H and O–H groups in total. The van der Waals surface area contributed by atoms with Crippen LogP contribution in [0.5, 0.6) is 0 Å². The lowest BCUT2D eigenvalue weighted by molar-refractivity contribution is 0.242. The van der Waals surface area contributed by atoms with Gasteiger partial charge in [-0.05, 0) is 19.1 Å². The Hall–Kier alpha value is -2.17. The Morgan fingerprint density at radius 2 is 2.38 bits per heavy atom. The topological polar surface area (TPSA) is 59.8 Å². The number of carbonyl (C=O) groups excluding carboxylic acids is 1. The van der Waals surface area contributed by atoms with E-state index in [0.717, 1.165) is 11.4 Å². The minimum absolute atomic E-state index is 0.208. The zero-order chi connectivity index (χ0) is 11.4. The molecule has 0 aromatic carbocycles. The van der Waals surface area contributed by atoms with Crippen LogP contribution in [0.25, 0.3) is 0 Å². The zero-order valence-electron chi connectivity index (χ0n) is 8.92. The van der Waals surface area contributed by atoms with Crippen molar-refractivity contribution in [1.82, 2.24) is 19.9 Å². The second kappa shape index (κ2) is 4.57. The molecule has 0 aliphatic heterocycles. The maximum Gasteiger partial charge on any atom is 0.327 e. The fourth-order valence-corrected chi connectivity index (χ4v) is 1.33. The van der Waals surface area contributed by atoms with Gasteiger partial charge in [0.2, 0.25) is 0 Å². The molecule has 0 fully saturated rings. The summed E-state index contributed by atoms with van der Waals surface area (Å²) in [5, 5.41) is 2.75. The van der Waals surface area contributed by atoms with Crippen LogP contribution >= 0.6 is 0 Å². The average molecular weight is 216 g/mol. The first-order valence-corrected chi connectivity index (χ1v) is 4.94. The van der Waals surface area contributed by atoms with E-state index in [-0.39, 0.29) is 6.03 Å². The number of nitrogens with zero attached hydrogens (tertiary/aromatic N) is 3. The lowest BCUT2D eigenvalue weighted by Gasteiger charge is -2.05. The molecule has 0 unspecified atom stereocenters. The van der Waals surface area contributed by atoms with Crippen LogP contribution in [0.4, 0.5) is 4.79 Å². The van der Waals surface area contributed by atoms with E-state index in [0.29, 0.717) is 6.54 Å². The summed E-state index contributed by atoms with van der Waals surface area (Å²) in [5.41, 5.74) is 1.78. The van der Waals surface area contributed by atoms with Gasteiger partial charge in [-0.15, -0.1) is 0 Å². The molecule has 2 rings (SSSR count). The molecule has 2 aromatic heterocycles. The fourth-order valence-electron chi connectivity index (χ4n) is 1.33. The molecule has 5 nitrogen and oxygen atoms in total. The predicted molar refractivity (Wildman–Crippen MR) is 58.8 cm³/mol. The van der Waals surface area contributed by atoms with Crippen LogP contribution in [0.3, 0.4) is 0 Å². The third-order valence-corrected chi connectivity index (χ3v) is 2.11. The highest BCUT2D eigenvalue weighted by atomic mass is 16.2. The molecule has 0 aliphatic rings. The van der Waals surface area contributed by atoms with Crippen LogP contribution in [0.1, 0.15) is 11.4 Å². The Balaban J connectivity index is 1.95. The molecule has 2 heterocycles. The normalized spacial score (nSPS) is 10.1. The number of imidazole rings is 1. The summed E-state index contributed by atoms with van der Waals surface area (Å²) in [6.45, 7) is 2.33. The molecule has 5 heteroatoms. The van der Waals surface area contributed by atoms with Gasteiger partial charge in [0, 0.05) is 18.1 Å². The lowest BCUT2D eigenvalue weighted by atomic mass is 10.3. The fraction of sp³-hybridized carbons (Fsp3) is 0.182. The summed E-state index contributed by atoms with van der Waals surface area (Å²) in [6.07, 6.45) is 4.61. The van der Waals surface area contributed by atoms with E-state index in [2.05, 4.69) is 15.3 Å². The Bertz CT molecular complexity index is 478. The minimum Gasteiger partial charge on any atom is -0.332 e. The van der Waals surface area contributed by atoms with Gasteiger partial charge in [0.05, 0.1) is 12.2 Å². The van der Waals surface area contributed by atoms with Gasteiger partial charge in [-0.3, -0.25) is 9.55 Å². The van der Waals surface area contributed by atoms with Gasteiger partial charge in [-0.25, -0.2) is 9.78 Å². The summed E-state index contributed by atoms with van der Waals surface area (Å²) in [5.74, 6) is 0. The van der Waals surface area contributed by atoms with Gasteiger partial charge in [0.15, 0.2) is 0 Å². The number of aromatic nitrogens is 3. The van der Waals surface area contributed by atoms with Gasteiger partial charge < -0.3 is 5.32 Å². The maximum absolute atomic E-state index is 11.5. The number of carbonyl (C=O) groups is 1. The molecule has 1 amide bonds. The van der Waals surface area contributed by atoms with E-state index < -0.39 is 0 Å². The van der Waals surface area contributed by atoms with Gasteiger partial charge >= 0.3 is 6.03 Å². The van der Waals surface area contributed by atoms with Crippen molar-refractivity contribution in [2.75, 3.05) is 0 Å². The van der Waals surface area contributed by atoms with Crippen molar-refractivity contribution in [3.63, 3.8) is 0 Å². The van der Waals surface area contributed by atoms with Gasteiger partial charge in [-0.2, -0.15) is 0 Å². The Kier molecular flexibility index (Phi) is 2.95. The maximum atomic E-state index is 11.5. The molecule has 82 valence electrons. The number of rotatable bonds is 2. The first kappa shape index (κ1) is 10.4. The molecule has 0 saturated heterocycles. The number of hydrogen-bond donors (Lipinski definition) is 1. The number of hydrogen-bond acceptors (Lipinski definition) is 3. The second-order valence-corrected chi connectivity index (χ2v) is 3.40. The van der Waals surface area contributed by atoms with Crippen molar-refractivity contribution in [3.05, 3.63) is 48.3 Å². The van der Waals surface area contributed by atoms with E-state index in [9.17, 15) is 4.79 Å². The van der Waals surface area contributed by atoms with Crippen molar-refractivity contribution in [2.24, 2.45) is 0 Å². The molecule has 16 heavy (non-hydrogen) atoms. The molecular formula is C11H12N4O. The highest BCUT2D eigenvalue weighted by molar-refractivity contribution is 5.76. The molecule has 0 aliphatic carbocycles. The van der Waals surface area contributed by atoms with E-state index in [1.54, 1.807) is 12.4 Å². The summed E-state index contributed by atoms with van der Waals surface area (Å²) in [7, 11) is 0. The minimum atomic E-state index is -0.208. The molecule has 0 atom stereocenters. The summed E-state index contributed by atoms with van der Waals surface area (Å²) < 4.78 is 1.38. The molecule has 0 saturated carbocycles. The number of nitrogens with one attached hydrogen (secondary N) is 1. The van der Waals surface area contributed by atoms with E-state index in [4.69, 9.17) is 0 Å². The van der Waals surface area contributed by atoms with E-state index in [1.165, 1.54) is 10.9 Å². The second-order valence-electron chi connectivity index (χ2n) is 3.40. The smallest absolute Gasteiger partial charge is 0.327 e. The number of amides is 1. The Morgan fingerprint density at radius 1 is 1.50 bits per heavy atom. The predicted octanol–water partition coefficient (Wildman–Crippen LogP) is 1.34. The third-order valence-electron chi connectivity index (χ3n) is 2.11. The number of aryl methyl sites for hydroxylation is 1. The highest BCUT2D eigenvalue weighted by Gasteiger charge is 2.02. The van der Waals surface area contributed by atoms with E-state index in [1.807, 2.05) is 25.1 Å². The summed E-state index contributed by atoms with van der Waals surface area (Å²) >= 11 is 0. The summed E-state index contributed by atoms with van der Waals surface area (Å²) in [6, 6.07) is 5.50. The van der Waals surface area contributed by atoms with Gasteiger partial charge in [0.25, 0.3) is 0 Å². The van der Waals surface area contributed by atoms with Crippen LogP contribution in [0.2, 0.25) is 0 Å². The largest absolute Gasteiger partial charge is 0.332 e. The highest BCUT2D eigenvalue weighted by Crippen LogP contribution is 1.97. The van der Waals surface area contributed by atoms with Crippen LogP contribution in [-0.4, -0.2) is 20.6 Å². The van der Waals surface area contributed by atoms with Crippen LogP contribution in [-0.2, 0) is 6.54 Å². The third kappa shape index (κ3) is 2.44. The first-order valence-electron chi connectivity index (χ1n) is 4.94. The van der Waals surface area contributed by atoms with Crippen molar-refractivity contribution in [1.29, 1.82) is 0 Å². The molecule has 0 spiro atoms. The van der Waals surface area contributed by atoms with Crippen molar-refractivity contribution in [3.8, 4) is 0 Å². The number of pyridine rings is 1. The summed E-state index contributed by atoms with van der Waals surface area (Å²) in [4.78, 5) is 19.6. The van der Waals surface area contributed by atoms with Crippen LogP contribution < -0.4 is 5.32 Å². The Labute approximate surface area is 93.2 Å². The molecular weight excluding hydrogens is 204 g/mol. The van der Waals surface area contributed by atoms with Crippen molar-refractivity contribution < 1.29 is 4.79 Å². The lowest BCUT2D eigenvalue weighted by Crippen LogP contribution is -2.27. The SMILES string of the molecule is Cc1cccc(CNC(=O)n2ccnc2)n1. The first-order chi connectivity index (χ1) is 7.75. The molecule has 0 bridgehead atoms. The van der Waals surface area contributed by atoms with Gasteiger partial charge in [0.1, 0.15) is 6.33 Å². The zero-order valence-corrected chi connectivity index (χ0v) is 8.92. The van der Waals surface area contributed by atoms with Crippen molar-refractivity contribution >= 4 is 6.03 Å². The van der Waals surface area contributed by atoms with Crippen molar-refractivity contribution in [2.45, 2.75) is 13.5 Å². The average Bonchev–Trinajstić information content (AvgIpc) is 2.79.